The van der Waals surface area contributed by atoms with Gasteiger partial charge >= 0.3 is 6.18 Å². The Hall–Kier alpha value is -2.37. The van der Waals surface area contributed by atoms with E-state index in [4.69, 9.17) is 0 Å². The van der Waals surface area contributed by atoms with Gasteiger partial charge in [-0.1, -0.05) is 19.1 Å². The normalized spacial score (nSPS) is 12.0. The number of aromatic nitrogens is 3. The fraction of sp³-hybridized carbons (Fsp3) is 0.294. The van der Waals surface area contributed by atoms with E-state index in [-0.39, 0.29) is 0 Å². The lowest BCUT2D eigenvalue weighted by atomic mass is 10.1. The Morgan fingerprint density at radius 2 is 1.83 bits per heavy atom. The number of halogens is 3. The molecule has 0 N–H and O–H groups in total. The Kier molecular flexibility index (Phi) is 4.07. The van der Waals surface area contributed by atoms with Crippen LogP contribution in [0.5, 0.6) is 0 Å². The number of hydrogen-bond donors (Lipinski definition) is 0. The molecule has 0 fully saturated rings. The molecular weight excluding hydrogens is 303 g/mol. The van der Waals surface area contributed by atoms with E-state index in [0.717, 1.165) is 47.7 Å². The summed E-state index contributed by atoms with van der Waals surface area (Å²) in [5, 5.41) is 0. The quantitative estimate of drug-likeness (QED) is 0.711. The molecule has 23 heavy (non-hydrogen) atoms. The lowest BCUT2D eigenvalue weighted by molar-refractivity contribution is -0.137. The molecule has 2 heterocycles. The van der Waals surface area contributed by atoms with E-state index in [1.165, 1.54) is 12.1 Å². The molecule has 0 saturated carbocycles. The third kappa shape index (κ3) is 3.21. The molecule has 3 nitrogen and oxygen atoms in total. The molecule has 0 aliphatic heterocycles. The zero-order valence-corrected chi connectivity index (χ0v) is 12.6. The van der Waals surface area contributed by atoms with Gasteiger partial charge in [-0.05, 0) is 36.2 Å². The maximum Gasteiger partial charge on any atom is 0.416 e. The van der Waals surface area contributed by atoms with Crippen molar-refractivity contribution in [2.24, 2.45) is 0 Å². The first-order valence-electron chi connectivity index (χ1n) is 7.45. The molecule has 0 aliphatic rings. The first kappa shape index (κ1) is 15.5. The lowest BCUT2D eigenvalue weighted by Crippen LogP contribution is -2.06. The molecule has 0 unspecified atom stereocenters. The predicted octanol–water partition coefficient (Wildman–Crippen LogP) is 4.45. The molecule has 3 aromatic rings. The Labute approximate surface area is 131 Å². The van der Waals surface area contributed by atoms with Crippen LogP contribution in [0.15, 0.2) is 42.6 Å². The van der Waals surface area contributed by atoms with Crippen LogP contribution in [0.4, 0.5) is 13.2 Å². The Morgan fingerprint density at radius 3 is 2.48 bits per heavy atom. The molecule has 0 spiro atoms. The van der Waals surface area contributed by atoms with Gasteiger partial charge in [-0.2, -0.15) is 13.2 Å². The molecule has 120 valence electrons. The number of hydrogen-bond acceptors (Lipinski definition) is 2. The van der Waals surface area contributed by atoms with Crippen LogP contribution in [0.3, 0.4) is 0 Å². The summed E-state index contributed by atoms with van der Waals surface area (Å²) in [5.41, 5.74) is 1.79. The van der Waals surface area contributed by atoms with E-state index in [0.29, 0.717) is 6.42 Å². The zero-order valence-electron chi connectivity index (χ0n) is 12.6. The minimum absolute atomic E-state index is 0.481. The summed E-state index contributed by atoms with van der Waals surface area (Å²) < 4.78 is 39.9. The van der Waals surface area contributed by atoms with Gasteiger partial charge in [-0.15, -0.1) is 0 Å². The SMILES string of the molecule is CCCn1c(Cc2ccc(C(F)(F)F)cc2)nc2cccnc21. The van der Waals surface area contributed by atoms with E-state index in [1.54, 1.807) is 6.20 Å². The van der Waals surface area contributed by atoms with Crippen molar-refractivity contribution >= 4 is 11.2 Å². The van der Waals surface area contributed by atoms with Gasteiger partial charge in [0.15, 0.2) is 5.65 Å². The van der Waals surface area contributed by atoms with Crippen molar-refractivity contribution in [1.82, 2.24) is 14.5 Å². The second kappa shape index (κ2) is 6.02. The van der Waals surface area contributed by atoms with Crippen LogP contribution in [0.2, 0.25) is 0 Å². The van der Waals surface area contributed by atoms with Gasteiger partial charge in [0.2, 0.25) is 0 Å². The second-order valence-corrected chi connectivity index (χ2v) is 5.40. The number of imidazole rings is 1. The van der Waals surface area contributed by atoms with Crippen molar-refractivity contribution in [2.45, 2.75) is 32.5 Å². The number of rotatable bonds is 4. The molecule has 0 aliphatic carbocycles. The molecule has 2 aromatic heterocycles. The summed E-state index contributed by atoms with van der Waals surface area (Å²) in [4.78, 5) is 8.94. The summed E-state index contributed by atoms with van der Waals surface area (Å²) in [6, 6.07) is 8.96. The fourth-order valence-electron chi connectivity index (χ4n) is 2.59. The largest absolute Gasteiger partial charge is 0.416 e. The minimum atomic E-state index is -4.31. The number of fused-ring (bicyclic) bond motifs is 1. The van der Waals surface area contributed by atoms with Crippen LogP contribution in [0, 0.1) is 0 Å². The minimum Gasteiger partial charge on any atom is -0.312 e. The number of pyridine rings is 1. The highest BCUT2D eigenvalue weighted by molar-refractivity contribution is 5.71. The highest BCUT2D eigenvalue weighted by Crippen LogP contribution is 2.29. The molecule has 0 atom stereocenters. The molecule has 0 saturated heterocycles. The predicted molar refractivity (Wildman–Crippen MR) is 82.1 cm³/mol. The summed E-state index contributed by atoms with van der Waals surface area (Å²) in [7, 11) is 0. The van der Waals surface area contributed by atoms with Crippen molar-refractivity contribution in [3.8, 4) is 0 Å². The number of aryl methyl sites for hydroxylation is 1. The maximum atomic E-state index is 12.6. The van der Waals surface area contributed by atoms with Crippen LogP contribution in [0.25, 0.3) is 11.2 Å². The summed E-state index contributed by atoms with van der Waals surface area (Å²) in [6.45, 7) is 2.85. The third-order valence-electron chi connectivity index (χ3n) is 3.67. The molecule has 0 radical (unpaired) electrons. The monoisotopic (exact) mass is 319 g/mol. The molecule has 0 bridgehead atoms. The maximum absolute atomic E-state index is 12.6. The van der Waals surface area contributed by atoms with E-state index >= 15 is 0 Å². The van der Waals surface area contributed by atoms with Gasteiger partial charge in [0, 0.05) is 19.2 Å². The lowest BCUT2D eigenvalue weighted by Gasteiger charge is -2.09. The highest BCUT2D eigenvalue weighted by Gasteiger charge is 2.29. The van der Waals surface area contributed by atoms with E-state index in [9.17, 15) is 13.2 Å². The highest BCUT2D eigenvalue weighted by atomic mass is 19.4. The van der Waals surface area contributed by atoms with Crippen LogP contribution in [0.1, 0.15) is 30.3 Å². The molecule has 1 aromatic carbocycles. The van der Waals surface area contributed by atoms with Crippen LogP contribution < -0.4 is 0 Å². The van der Waals surface area contributed by atoms with Gasteiger partial charge in [0.05, 0.1) is 5.56 Å². The number of nitrogens with zero attached hydrogens (tertiary/aromatic N) is 3. The summed E-state index contributed by atoms with van der Waals surface area (Å²) in [5.74, 6) is 0.820. The average Bonchev–Trinajstić information content (AvgIpc) is 2.85. The van der Waals surface area contributed by atoms with Crippen molar-refractivity contribution in [2.75, 3.05) is 0 Å². The van der Waals surface area contributed by atoms with Crippen LogP contribution in [-0.2, 0) is 19.1 Å². The molecular formula is C17H16F3N3. The van der Waals surface area contributed by atoms with E-state index < -0.39 is 11.7 Å². The van der Waals surface area contributed by atoms with Crippen molar-refractivity contribution in [1.29, 1.82) is 0 Å². The van der Waals surface area contributed by atoms with E-state index in [2.05, 4.69) is 16.9 Å². The van der Waals surface area contributed by atoms with Crippen LogP contribution >= 0.6 is 0 Å². The number of benzene rings is 1. The van der Waals surface area contributed by atoms with Crippen molar-refractivity contribution < 1.29 is 13.2 Å². The first-order chi connectivity index (χ1) is 11.0. The Balaban J connectivity index is 1.93. The average molecular weight is 319 g/mol. The molecule has 3 rings (SSSR count). The molecule has 0 amide bonds. The topological polar surface area (TPSA) is 30.7 Å². The van der Waals surface area contributed by atoms with Crippen molar-refractivity contribution in [3.05, 3.63) is 59.5 Å². The zero-order chi connectivity index (χ0) is 16.4. The Bertz CT molecular complexity index is 804. The number of alkyl halides is 3. The van der Waals surface area contributed by atoms with E-state index in [1.807, 2.05) is 16.7 Å². The standard InChI is InChI=1S/C17H16F3N3/c1-2-10-23-15(22-14-4-3-9-21-16(14)23)11-12-5-7-13(8-6-12)17(18,19)20/h3-9H,2,10-11H2,1H3. The van der Waals surface area contributed by atoms with Gasteiger partial charge in [-0.3, -0.25) is 0 Å². The summed E-state index contributed by atoms with van der Waals surface area (Å²) >= 11 is 0. The van der Waals surface area contributed by atoms with Crippen LogP contribution in [-0.4, -0.2) is 14.5 Å². The first-order valence-corrected chi connectivity index (χ1v) is 7.45. The van der Waals surface area contributed by atoms with Gasteiger partial charge in [-0.25, -0.2) is 9.97 Å². The van der Waals surface area contributed by atoms with Gasteiger partial charge in [0.1, 0.15) is 11.3 Å². The van der Waals surface area contributed by atoms with Crippen molar-refractivity contribution in [3.63, 3.8) is 0 Å². The molecule has 6 heteroatoms. The second-order valence-electron chi connectivity index (χ2n) is 5.40. The smallest absolute Gasteiger partial charge is 0.312 e. The van der Waals surface area contributed by atoms with Gasteiger partial charge in [0.25, 0.3) is 0 Å². The fourth-order valence-corrected chi connectivity index (χ4v) is 2.59. The Morgan fingerprint density at radius 1 is 1.09 bits per heavy atom. The van der Waals surface area contributed by atoms with Gasteiger partial charge < -0.3 is 4.57 Å². The summed E-state index contributed by atoms with van der Waals surface area (Å²) in [6.07, 6.45) is -1.17. The third-order valence-corrected chi connectivity index (χ3v) is 3.67.